The molecule has 0 saturated carbocycles. The van der Waals surface area contributed by atoms with Crippen molar-refractivity contribution in [3.63, 3.8) is 0 Å². The van der Waals surface area contributed by atoms with E-state index in [0.717, 1.165) is 20.4 Å². The lowest BCUT2D eigenvalue weighted by Gasteiger charge is -2.35. The number of carboxylic acids is 1. The van der Waals surface area contributed by atoms with Crippen LogP contribution >= 0.6 is 11.8 Å². The van der Waals surface area contributed by atoms with E-state index in [1.165, 1.54) is 41.5 Å². The van der Waals surface area contributed by atoms with Gasteiger partial charge in [-0.05, 0) is 6.92 Å². The predicted octanol–water partition coefficient (Wildman–Crippen LogP) is 0.146. The molecule has 0 spiro atoms. The van der Waals surface area contributed by atoms with Crippen LogP contribution in [0.4, 0.5) is 0 Å². The van der Waals surface area contributed by atoms with E-state index in [4.69, 9.17) is 14.2 Å². The number of thioether (sulfide) groups is 1. The molecule has 1 aliphatic heterocycles. The van der Waals surface area contributed by atoms with Gasteiger partial charge >= 0.3 is 16.2 Å². The van der Waals surface area contributed by atoms with Gasteiger partial charge in [-0.2, -0.15) is 17.7 Å². The summed E-state index contributed by atoms with van der Waals surface area (Å²) in [5.74, 6) is -1.04. The molecule has 144 valence electrons. The van der Waals surface area contributed by atoms with Gasteiger partial charge in [-0.3, -0.25) is 4.79 Å². The smallest absolute Gasteiger partial charge is 0.319 e. The summed E-state index contributed by atoms with van der Waals surface area (Å²) in [5, 5.41) is 8.27. The molecule has 0 saturated heterocycles. The second-order valence-electron chi connectivity index (χ2n) is 5.13. The van der Waals surface area contributed by atoms with Gasteiger partial charge in [0, 0.05) is 34.4 Å². The van der Waals surface area contributed by atoms with E-state index in [1.54, 1.807) is 6.92 Å². The Labute approximate surface area is 151 Å². The highest BCUT2D eigenvalue weighted by atomic mass is 32.2. The van der Waals surface area contributed by atoms with E-state index in [9.17, 15) is 18.3 Å². The quantitative estimate of drug-likeness (QED) is 0.615. The number of aliphatic imine (C=N–C) groups is 1. The molecule has 1 N–H and O–H groups in total. The molecule has 1 heterocycles. The average molecular weight is 397 g/mol. The molecule has 3 atom stereocenters. The van der Waals surface area contributed by atoms with Crippen LogP contribution in [0.3, 0.4) is 0 Å². The highest BCUT2D eigenvalue weighted by molar-refractivity contribution is 8.15. The molecule has 0 amide bonds. The van der Waals surface area contributed by atoms with E-state index in [2.05, 4.69) is 4.99 Å². The second-order valence-corrected chi connectivity index (χ2v) is 8.26. The van der Waals surface area contributed by atoms with Crippen LogP contribution in [0.25, 0.3) is 0 Å². The number of hydrogen-bond acceptors (Lipinski definition) is 8. The zero-order valence-corrected chi connectivity index (χ0v) is 16.5. The molecule has 3 unspecified atom stereocenters. The predicted molar refractivity (Wildman–Crippen MR) is 93.3 cm³/mol. The van der Waals surface area contributed by atoms with Gasteiger partial charge in [0.05, 0.1) is 13.2 Å². The molecule has 1 rings (SSSR count). The lowest BCUT2D eigenvalue weighted by Crippen LogP contribution is -2.51. The van der Waals surface area contributed by atoms with Crippen LogP contribution < -0.4 is 0 Å². The van der Waals surface area contributed by atoms with Gasteiger partial charge in [0.2, 0.25) is 5.88 Å². The molecule has 0 aromatic rings. The maximum Gasteiger partial charge on any atom is 0.319 e. The molecule has 0 aliphatic carbocycles. The molecule has 0 aromatic heterocycles. The molecular formula is C13H23N3O7S2. The first-order chi connectivity index (χ1) is 11.6. The van der Waals surface area contributed by atoms with Crippen LogP contribution in [0, 0.1) is 0 Å². The second kappa shape index (κ2) is 8.85. The fraction of sp³-hybridized carbons (Fsp3) is 0.692. The van der Waals surface area contributed by atoms with Crippen molar-refractivity contribution in [3.05, 3.63) is 12.0 Å². The summed E-state index contributed by atoms with van der Waals surface area (Å²) in [6.45, 7) is 1.57. The molecule has 25 heavy (non-hydrogen) atoms. The minimum Gasteiger partial charge on any atom is -0.481 e. The fourth-order valence-corrected chi connectivity index (χ4v) is 4.22. The minimum atomic E-state index is -3.99. The monoisotopic (exact) mass is 397 g/mol. The highest BCUT2D eigenvalue weighted by Gasteiger charge is 2.40. The highest BCUT2D eigenvalue weighted by Crippen LogP contribution is 2.30. The third-order valence-electron chi connectivity index (χ3n) is 3.35. The summed E-state index contributed by atoms with van der Waals surface area (Å²) in [7, 11) is 2.78. The maximum atomic E-state index is 12.7. The topological polar surface area (TPSA) is 118 Å². The van der Waals surface area contributed by atoms with Crippen molar-refractivity contribution >= 4 is 33.1 Å². The number of methoxy groups -OCH3 is 3. The van der Waals surface area contributed by atoms with Gasteiger partial charge in [0.15, 0.2) is 11.4 Å². The Balaban J connectivity index is 3.39. The fourth-order valence-electron chi connectivity index (χ4n) is 1.83. The van der Waals surface area contributed by atoms with E-state index < -0.39 is 33.8 Å². The van der Waals surface area contributed by atoms with Crippen molar-refractivity contribution in [1.29, 1.82) is 0 Å². The van der Waals surface area contributed by atoms with E-state index in [1.807, 2.05) is 0 Å². The zero-order chi connectivity index (χ0) is 19.4. The van der Waals surface area contributed by atoms with E-state index in [-0.39, 0.29) is 11.1 Å². The van der Waals surface area contributed by atoms with Crippen molar-refractivity contribution in [2.24, 2.45) is 4.99 Å². The summed E-state index contributed by atoms with van der Waals surface area (Å²) in [6.07, 6.45) is -0.345. The Morgan fingerprint density at radius 1 is 1.40 bits per heavy atom. The molecule has 0 fully saturated rings. The molecule has 0 bridgehead atoms. The molecule has 10 nitrogen and oxygen atoms in total. The number of nitrogens with zero attached hydrogens (tertiary/aromatic N) is 3. The Hall–Kier alpha value is -1.34. The number of aliphatic carboxylic acids is 1. The Morgan fingerprint density at radius 3 is 2.40 bits per heavy atom. The summed E-state index contributed by atoms with van der Waals surface area (Å²) in [6, 6.07) is 0. The van der Waals surface area contributed by atoms with Crippen molar-refractivity contribution in [1.82, 2.24) is 8.61 Å². The first-order valence-electron chi connectivity index (χ1n) is 7.11. The van der Waals surface area contributed by atoms with Crippen LogP contribution in [0.2, 0.25) is 0 Å². The number of carbonyl (C=O) groups is 1. The molecular weight excluding hydrogens is 374 g/mol. The van der Waals surface area contributed by atoms with E-state index >= 15 is 0 Å². The molecule has 0 aromatic carbocycles. The van der Waals surface area contributed by atoms with Crippen molar-refractivity contribution in [2.45, 2.75) is 24.5 Å². The summed E-state index contributed by atoms with van der Waals surface area (Å²) in [4.78, 5) is 15.7. The van der Waals surface area contributed by atoms with Crippen molar-refractivity contribution in [2.75, 3.05) is 35.4 Å². The van der Waals surface area contributed by atoms with Gasteiger partial charge in [-0.15, -0.1) is 0 Å². The first-order valence-corrected chi connectivity index (χ1v) is 9.39. The van der Waals surface area contributed by atoms with Crippen LogP contribution in [0.15, 0.2) is 17.0 Å². The largest absolute Gasteiger partial charge is 0.481 e. The number of ether oxygens (including phenoxy) is 3. The lowest BCUT2D eigenvalue weighted by atomic mass is 10.3. The number of hydrogen-bond donors (Lipinski definition) is 1. The SMILES string of the molecule is COC1=CC(OC)N(S(=O)(=O)N(C)C)C(SC(C(=O)O)C(C)OC)=N1. The molecule has 12 heteroatoms. The van der Waals surface area contributed by atoms with Gasteiger partial charge in [0.1, 0.15) is 5.25 Å². The van der Waals surface area contributed by atoms with Gasteiger partial charge in [-0.1, -0.05) is 11.8 Å². The van der Waals surface area contributed by atoms with Gasteiger partial charge in [-0.25, -0.2) is 4.31 Å². The van der Waals surface area contributed by atoms with Crippen LogP contribution in [0.5, 0.6) is 0 Å². The number of rotatable bonds is 8. The first kappa shape index (κ1) is 21.7. The van der Waals surface area contributed by atoms with Gasteiger partial charge < -0.3 is 19.3 Å². The summed E-state index contributed by atoms with van der Waals surface area (Å²) in [5.41, 5.74) is 0. The maximum absolute atomic E-state index is 12.7. The standard InChI is InChI=1S/C13H23N3O7S2/c1-8(21-4)11(12(17)18)24-13-14-9(22-5)7-10(23-6)16(13)25(19,20)15(2)3/h7-8,10-11H,1-6H3,(H,17,18). The Bertz CT molecular complexity index is 648. The van der Waals surface area contributed by atoms with Crippen LogP contribution in [-0.4, -0.2) is 86.3 Å². The lowest BCUT2D eigenvalue weighted by molar-refractivity contribution is -0.138. The van der Waals surface area contributed by atoms with Crippen LogP contribution in [-0.2, 0) is 29.2 Å². The van der Waals surface area contributed by atoms with E-state index in [0.29, 0.717) is 0 Å². The number of carboxylic acid groups (broad SMARTS) is 1. The Morgan fingerprint density at radius 2 is 2.00 bits per heavy atom. The van der Waals surface area contributed by atoms with Crippen LogP contribution in [0.1, 0.15) is 6.92 Å². The Kier molecular flexibility index (Phi) is 7.68. The van der Waals surface area contributed by atoms with Crippen molar-refractivity contribution in [3.8, 4) is 0 Å². The number of amidine groups is 1. The summed E-state index contributed by atoms with van der Waals surface area (Å²) >= 11 is 0.742. The third-order valence-corrected chi connectivity index (χ3v) is 6.60. The average Bonchev–Trinajstić information content (AvgIpc) is 2.57. The van der Waals surface area contributed by atoms with Gasteiger partial charge in [0.25, 0.3) is 0 Å². The molecule has 0 radical (unpaired) electrons. The normalized spacial score (nSPS) is 20.8. The third kappa shape index (κ3) is 4.85. The van der Waals surface area contributed by atoms with Crippen molar-refractivity contribution < 1.29 is 32.5 Å². The molecule has 1 aliphatic rings. The zero-order valence-electron chi connectivity index (χ0n) is 14.9. The summed E-state index contributed by atoms with van der Waals surface area (Å²) < 4.78 is 42.6. The minimum absolute atomic E-state index is 0.0869.